The maximum Gasteiger partial charge on any atom is 0.0923 e. The van der Waals surface area contributed by atoms with Crippen LogP contribution in [0.25, 0.3) is 0 Å². The van der Waals surface area contributed by atoms with Crippen molar-refractivity contribution in [3.63, 3.8) is 0 Å². The topological polar surface area (TPSA) is 76.0 Å². The largest absolute Gasteiger partial charge is 0.379 e. The van der Waals surface area contributed by atoms with Crippen LogP contribution in [0.4, 0.5) is 0 Å². The number of nitrogens with two attached hydrogens (primary N) is 1. The molecule has 80 valence electrons. The van der Waals surface area contributed by atoms with Gasteiger partial charge in [-0.1, -0.05) is 0 Å². The van der Waals surface area contributed by atoms with Crippen LogP contribution in [0.5, 0.6) is 0 Å². The molecule has 5 heteroatoms. The zero-order valence-corrected chi connectivity index (χ0v) is 8.33. The lowest BCUT2D eigenvalue weighted by Gasteiger charge is -2.10. The fourth-order valence-electron chi connectivity index (χ4n) is 1.09. The average molecular weight is 198 g/mol. The van der Waals surface area contributed by atoms with E-state index in [1.807, 2.05) is 6.20 Å². The number of ether oxygens (including phenoxy) is 1. The highest BCUT2D eigenvalue weighted by Gasteiger charge is 1.93. The summed E-state index contributed by atoms with van der Waals surface area (Å²) in [6, 6.07) is 0. The molecule has 14 heavy (non-hydrogen) atoms. The van der Waals surface area contributed by atoms with Crippen molar-refractivity contribution in [2.24, 2.45) is 5.73 Å². The number of imidazole rings is 1. The quantitative estimate of drug-likeness (QED) is 0.600. The van der Waals surface area contributed by atoms with Gasteiger partial charge in [-0.2, -0.15) is 0 Å². The van der Waals surface area contributed by atoms with E-state index in [1.165, 1.54) is 0 Å². The molecule has 1 aliphatic heterocycles. The van der Waals surface area contributed by atoms with E-state index in [4.69, 9.17) is 10.5 Å². The summed E-state index contributed by atoms with van der Waals surface area (Å²) in [4.78, 5) is 6.82. The molecule has 0 bridgehead atoms. The molecule has 4 N–H and O–H groups in total. The monoisotopic (exact) mass is 198 g/mol. The molecule has 5 nitrogen and oxygen atoms in total. The summed E-state index contributed by atoms with van der Waals surface area (Å²) >= 11 is 0. The van der Waals surface area contributed by atoms with E-state index in [1.54, 1.807) is 6.33 Å². The van der Waals surface area contributed by atoms with Crippen LogP contribution < -0.4 is 11.1 Å². The van der Waals surface area contributed by atoms with Crippen molar-refractivity contribution in [2.45, 2.75) is 6.42 Å². The zero-order chi connectivity index (χ0) is 10.1. The van der Waals surface area contributed by atoms with Gasteiger partial charge < -0.3 is 20.8 Å². The summed E-state index contributed by atoms with van der Waals surface area (Å²) in [5.41, 5.74) is 6.30. The highest BCUT2D eigenvalue weighted by Crippen LogP contribution is 1.88. The van der Waals surface area contributed by atoms with E-state index in [0.29, 0.717) is 6.54 Å². The van der Waals surface area contributed by atoms with Gasteiger partial charge in [-0.05, 0) is 6.54 Å². The Hall–Kier alpha value is -0.910. The van der Waals surface area contributed by atoms with Crippen molar-refractivity contribution in [3.8, 4) is 0 Å². The van der Waals surface area contributed by atoms with Crippen molar-refractivity contribution in [1.82, 2.24) is 15.3 Å². The summed E-state index contributed by atoms with van der Waals surface area (Å²) in [5.74, 6) is 0. The maximum atomic E-state index is 5.27. The summed E-state index contributed by atoms with van der Waals surface area (Å²) in [6.45, 7) is 4.50. The third kappa shape index (κ3) is 4.96. The Kier molecular flexibility index (Phi) is 5.97. The Bertz CT molecular complexity index is 197. The molecule has 1 aromatic heterocycles. The molecular formula is C9H18N4O. The normalized spacial score (nSPS) is 15.8. The minimum atomic E-state index is 0.671. The van der Waals surface area contributed by atoms with Gasteiger partial charge in [-0.3, -0.25) is 0 Å². The Labute approximate surface area is 84.1 Å². The van der Waals surface area contributed by atoms with Crippen LogP contribution in [-0.4, -0.2) is 42.8 Å². The summed E-state index contributed by atoms with van der Waals surface area (Å²) in [6.07, 6.45) is 4.38. The van der Waals surface area contributed by atoms with Gasteiger partial charge >= 0.3 is 0 Å². The molecule has 1 aromatic rings. The predicted molar refractivity (Wildman–Crippen MR) is 55.0 cm³/mol. The maximum absolute atomic E-state index is 5.27. The van der Waals surface area contributed by atoms with Gasteiger partial charge in [0, 0.05) is 25.7 Å². The van der Waals surface area contributed by atoms with Crippen molar-refractivity contribution in [2.75, 3.05) is 32.8 Å². The molecule has 2 rings (SSSR count). The first-order valence-electron chi connectivity index (χ1n) is 4.89. The minimum absolute atomic E-state index is 0.671. The number of nitrogens with zero attached hydrogens (tertiary/aromatic N) is 1. The standard InChI is InChI=1S/C5H9N3.C4H9NO/c6-2-1-5-3-7-4-8-5;1-3-6-4-2-5-1/h3-4H,1-2,6H2,(H,7,8);5H,1-4H2. The Morgan fingerprint density at radius 1 is 1.43 bits per heavy atom. The average Bonchev–Trinajstić information content (AvgIpc) is 2.75. The summed E-state index contributed by atoms with van der Waals surface area (Å²) in [5, 5.41) is 3.16. The molecule has 0 saturated carbocycles. The van der Waals surface area contributed by atoms with E-state index in [0.717, 1.165) is 38.4 Å². The highest BCUT2D eigenvalue weighted by molar-refractivity contribution is 4.93. The van der Waals surface area contributed by atoms with Crippen LogP contribution in [0.1, 0.15) is 5.69 Å². The molecule has 2 heterocycles. The molecule has 1 saturated heterocycles. The molecule has 0 amide bonds. The lowest BCUT2D eigenvalue weighted by atomic mass is 10.3. The number of aromatic amines is 1. The van der Waals surface area contributed by atoms with Gasteiger partial charge in [0.15, 0.2) is 0 Å². The van der Waals surface area contributed by atoms with E-state index >= 15 is 0 Å². The van der Waals surface area contributed by atoms with E-state index in [9.17, 15) is 0 Å². The van der Waals surface area contributed by atoms with Gasteiger partial charge in [0.1, 0.15) is 0 Å². The lowest BCUT2D eigenvalue weighted by Crippen LogP contribution is -2.30. The molecule has 1 aliphatic rings. The number of rotatable bonds is 2. The number of nitrogens with one attached hydrogen (secondary N) is 2. The van der Waals surface area contributed by atoms with Crippen molar-refractivity contribution in [1.29, 1.82) is 0 Å². The van der Waals surface area contributed by atoms with E-state index in [2.05, 4.69) is 15.3 Å². The van der Waals surface area contributed by atoms with Crippen LogP contribution in [0.2, 0.25) is 0 Å². The van der Waals surface area contributed by atoms with Crippen molar-refractivity contribution < 1.29 is 4.74 Å². The van der Waals surface area contributed by atoms with Crippen LogP contribution >= 0.6 is 0 Å². The molecule has 1 fully saturated rings. The molecule has 0 atom stereocenters. The Morgan fingerprint density at radius 3 is 2.57 bits per heavy atom. The number of H-pyrrole nitrogens is 1. The van der Waals surface area contributed by atoms with Crippen LogP contribution in [-0.2, 0) is 11.2 Å². The van der Waals surface area contributed by atoms with Gasteiger partial charge in [0.25, 0.3) is 0 Å². The van der Waals surface area contributed by atoms with E-state index < -0.39 is 0 Å². The Balaban J connectivity index is 0.000000146. The molecule has 0 aromatic carbocycles. The molecule has 0 spiro atoms. The van der Waals surface area contributed by atoms with Gasteiger partial charge in [-0.15, -0.1) is 0 Å². The molecule has 0 unspecified atom stereocenters. The second kappa shape index (κ2) is 7.49. The minimum Gasteiger partial charge on any atom is -0.379 e. The molecular weight excluding hydrogens is 180 g/mol. The second-order valence-corrected chi connectivity index (χ2v) is 2.96. The highest BCUT2D eigenvalue weighted by atomic mass is 16.5. The third-order valence-corrected chi connectivity index (χ3v) is 1.80. The number of hydrogen-bond donors (Lipinski definition) is 3. The van der Waals surface area contributed by atoms with Gasteiger partial charge in [-0.25, -0.2) is 4.98 Å². The summed E-state index contributed by atoms with van der Waals surface area (Å²) < 4.78 is 5.01. The van der Waals surface area contributed by atoms with Gasteiger partial charge in [0.2, 0.25) is 0 Å². The first-order chi connectivity index (χ1) is 6.93. The number of hydrogen-bond acceptors (Lipinski definition) is 4. The van der Waals surface area contributed by atoms with Crippen LogP contribution in [0, 0.1) is 0 Å². The fourth-order valence-corrected chi connectivity index (χ4v) is 1.09. The van der Waals surface area contributed by atoms with E-state index in [-0.39, 0.29) is 0 Å². The van der Waals surface area contributed by atoms with Crippen LogP contribution in [0.3, 0.4) is 0 Å². The predicted octanol–water partition coefficient (Wildman–Crippen LogP) is -0.483. The SMILES string of the molecule is C1COCCN1.NCCc1c[nH]cn1. The second-order valence-electron chi connectivity index (χ2n) is 2.96. The van der Waals surface area contributed by atoms with Gasteiger partial charge in [0.05, 0.1) is 25.2 Å². The summed E-state index contributed by atoms with van der Waals surface area (Å²) in [7, 11) is 0. The third-order valence-electron chi connectivity index (χ3n) is 1.80. The smallest absolute Gasteiger partial charge is 0.0923 e. The first-order valence-corrected chi connectivity index (χ1v) is 4.89. The Morgan fingerprint density at radius 2 is 2.21 bits per heavy atom. The van der Waals surface area contributed by atoms with Crippen molar-refractivity contribution >= 4 is 0 Å². The van der Waals surface area contributed by atoms with Crippen molar-refractivity contribution in [3.05, 3.63) is 18.2 Å². The first kappa shape index (κ1) is 11.2. The number of aromatic nitrogens is 2. The lowest BCUT2D eigenvalue weighted by molar-refractivity contribution is 0.109. The van der Waals surface area contributed by atoms with Crippen LogP contribution in [0.15, 0.2) is 12.5 Å². The zero-order valence-electron chi connectivity index (χ0n) is 8.33. The fraction of sp³-hybridized carbons (Fsp3) is 0.667. The number of morpholine rings is 1. The molecule has 0 aliphatic carbocycles. The molecule has 0 radical (unpaired) electrons.